The van der Waals surface area contributed by atoms with Gasteiger partial charge in [-0.15, -0.1) is 0 Å². The number of nitrogens with zero attached hydrogens (tertiary/aromatic N) is 1. The van der Waals surface area contributed by atoms with Crippen LogP contribution in [0.4, 0.5) is 0 Å². The second kappa shape index (κ2) is 6.21. The Hall–Kier alpha value is -1.06. The van der Waals surface area contributed by atoms with Gasteiger partial charge in [0.05, 0.1) is 6.10 Å². The topological polar surface area (TPSA) is 24.5 Å². The van der Waals surface area contributed by atoms with Crippen LogP contribution in [0.15, 0.2) is 24.3 Å². The molecule has 0 amide bonds. The minimum absolute atomic E-state index is 0.233. The molecule has 18 heavy (non-hydrogen) atoms. The SMILES string of the molecule is CC(C)Oc1cccc(CN(C)C2CCNC2)c1. The molecule has 0 aliphatic carbocycles. The van der Waals surface area contributed by atoms with Crippen LogP contribution in [0.5, 0.6) is 5.75 Å². The maximum atomic E-state index is 5.73. The maximum absolute atomic E-state index is 5.73. The van der Waals surface area contributed by atoms with Crippen molar-refractivity contribution >= 4 is 0 Å². The molecule has 0 radical (unpaired) electrons. The summed E-state index contributed by atoms with van der Waals surface area (Å²) < 4.78 is 5.73. The first kappa shape index (κ1) is 13.4. The summed E-state index contributed by atoms with van der Waals surface area (Å²) in [5.74, 6) is 0.973. The summed E-state index contributed by atoms with van der Waals surface area (Å²) in [6.07, 6.45) is 1.48. The first-order valence-corrected chi connectivity index (χ1v) is 6.81. The van der Waals surface area contributed by atoms with Gasteiger partial charge in [-0.05, 0) is 51.6 Å². The van der Waals surface area contributed by atoms with Crippen LogP contribution < -0.4 is 10.1 Å². The van der Waals surface area contributed by atoms with Gasteiger partial charge in [-0.1, -0.05) is 12.1 Å². The smallest absolute Gasteiger partial charge is 0.120 e. The van der Waals surface area contributed by atoms with E-state index in [1.54, 1.807) is 0 Å². The van der Waals surface area contributed by atoms with Crippen LogP contribution in [0, 0.1) is 0 Å². The highest BCUT2D eigenvalue weighted by Crippen LogP contribution is 2.17. The molecule has 1 aromatic carbocycles. The summed E-state index contributed by atoms with van der Waals surface area (Å²) in [6.45, 7) is 7.36. The zero-order valence-corrected chi connectivity index (χ0v) is 11.6. The fraction of sp³-hybridized carbons (Fsp3) is 0.600. The number of ether oxygens (including phenoxy) is 1. The number of rotatable bonds is 5. The summed E-state index contributed by atoms with van der Waals surface area (Å²) in [4.78, 5) is 2.43. The lowest BCUT2D eigenvalue weighted by Gasteiger charge is -2.23. The maximum Gasteiger partial charge on any atom is 0.120 e. The molecule has 1 aliphatic rings. The standard InChI is InChI=1S/C15H24N2O/c1-12(2)18-15-6-4-5-13(9-15)11-17(3)14-7-8-16-10-14/h4-6,9,12,14,16H,7-8,10-11H2,1-3H3. The monoisotopic (exact) mass is 248 g/mol. The molecule has 1 N–H and O–H groups in total. The van der Waals surface area contributed by atoms with Crippen molar-refractivity contribution in [2.75, 3.05) is 20.1 Å². The van der Waals surface area contributed by atoms with Crippen LogP contribution in [-0.4, -0.2) is 37.2 Å². The molecule has 1 heterocycles. The predicted molar refractivity (Wildman–Crippen MR) is 74.9 cm³/mol. The summed E-state index contributed by atoms with van der Waals surface area (Å²) in [5.41, 5.74) is 1.32. The van der Waals surface area contributed by atoms with Gasteiger partial charge in [0, 0.05) is 19.1 Å². The van der Waals surface area contributed by atoms with E-state index >= 15 is 0 Å². The Bertz CT molecular complexity index is 373. The molecule has 0 bridgehead atoms. The van der Waals surface area contributed by atoms with Crippen LogP contribution in [0.1, 0.15) is 25.8 Å². The number of benzene rings is 1. The fourth-order valence-electron chi connectivity index (χ4n) is 2.42. The third kappa shape index (κ3) is 3.72. The molecule has 1 aliphatic heterocycles. The van der Waals surface area contributed by atoms with E-state index in [2.05, 4.69) is 49.3 Å². The van der Waals surface area contributed by atoms with Crippen LogP contribution in [-0.2, 0) is 6.54 Å². The first-order valence-electron chi connectivity index (χ1n) is 6.81. The number of nitrogens with one attached hydrogen (secondary N) is 1. The summed E-state index contributed by atoms with van der Waals surface area (Å²) in [7, 11) is 2.20. The van der Waals surface area contributed by atoms with Crippen LogP contribution in [0.25, 0.3) is 0 Å². The highest BCUT2D eigenvalue weighted by atomic mass is 16.5. The Morgan fingerprint density at radius 3 is 2.94 bits per heavy atom. The molecule has 0 saturated carbocycles. The molecule has 1 unspecified atom stereocenters. The minimum Gasteiger partial charge on any atom is -0.491 e. The molecule has 2 rings (SSSR count). The van der Waals surface area contributed by atoms with Gasteiger partial charge in [0.1, 0.15) is 5.75 Å². The Balaban J connectivity index is 1.95. The van der Waals surface area contributed by atoms with Crippen molar-refractivity contribution in [2.45, 2.75) is 39.0 Å². The lowest BCUT2D eigenvalue weighted by Crippen LogP contribution is -2.32. The van der Waals surface area contributed by atoms with Crippen LogP contribution in [0.3, 0.4) is 0 Å². The Kier molecular flexibility index (Phi) is 4.61. The quantitative estimate of drug-likeness (QED) is 0.865. The molecule has 1 aromatic rings. The van der Waals surface area contributed by atoms with Gasteiger partial charge >= 0.3 is 0 Å². The molecule has 3 heteroatoms. The Morgan fingerprint density at radius 1 is 1.44 bits per heavy atom. The van der Waals surface area contributed by atoms with Gasteiger partial charge in [0.15, 0.2) is 0 Å². The van der Waals surface area contributed by atoms with Crippen molar-refractivity contribution in [3.63, 3.8) is 0 Å². The van der Waals surface area contributed by atoms with E-state index in [4.69, 9.17) is 4.74 Å². The third-order valence-corrected chi connectivity index (χ3v) is 3.36. The lowest BCUT2D eigenvalue weighted by atomic mass is 10.1. The number of hydrogen-bond donors (Lipinski definition) is 1. The molecular weight excluding hydrogens is 224 g/mol. The zero-order valence-electron chi connectivity index (χ0n) is 11.6. The normalized spacial score (nSPS) is 19.7. The van der Waals surface area contributed by atoms with Crippen molar-refractivity contribution in [2.24, 2.45) is 0 Å². The van der Waals surface area contributed by atoms with E-state index in [9.17, 15) is 0 Å². The fourth-order valence-corrected chi connectivity index (χ4v) is 2.42. The Morgan fingerprint density at radius 2 is 2.28 bits per heavy atom. The van der Waals surface area contributed by atoms with E-state index in [1.165, 1.54) is 12.0 Å². The van der Waals surface area contributed by atoms with Crippen LogP contribution >= 0.6 is 0 Å². The molecule has 1 atom stereocenters. The van der Waals surface area contributed by atoms with Crippen molar-refractivity contribution in [1.82, 2.24) is 10.2 Å². The average Bonchev–Trinajstić information content (AvgIpc) is 2.81. The van der Waals surface area contributed by atoms with Crippen molar-refractivity contribution in [1.29, 1.82) is 0 Å². The number of likely N-dealkylation sites (N-methyl/N-ethyl adjacent to an activating group) is 1. The van der Waals surface area contributed by atoms with Gasteiger partial charge in [0.2, 0.25) is 0 Å². The Labute approximate surface area is 110 Å². The molecule has 3 nitrogen and oxygen atoms in total. The minimum atomic E-state index is 0.233. The summed E-state index contributed by atoms with van der Waals surface area (Å²) >= 11 is 0. The van der Waals surface area contributed by atoms with Crippen molar-refractivity contribution in [3.05, 3.63) is 29.8 Å². The van der Waals surface area contributed by atoms with E-state index in [-0.39, 0.29) is 6.10 Å². The predicted octanol–water partition coefficient (Wildman–Crippen LogP) is 2.27. The van der Waals surface area contributed by atoms with Gasteiger partial charge in [-0.25, -0.2) is 0 Å². The van der Waals surface area contributed by atoms with Crippen LogP contribution in [0.2, 0.25) is 0 Å². The first-order chi connectivity index (χ1) is 8.65. The van der Waals surface area contributed by atoms with E-state index in [1.807, 2.05) is 6.07 Å². The summed E-state index contributed by atoms with van der Waals surface area (Å²) in [5, 5.41) is 3.41. The van der Waals surface area contributed by atoms with Crippen molar-refractivity contribution < 1.29 is 4.74 Å². The molecule has 0 spiro atoms. The van der Waals surface area contributed by atoms with Gasteiger partial charge in [0.25, 0.3) is 0 Å². The molecule has 1 saturated heterocycles. The highest BCUT2D eigenvalue weighted by molar-refractivity contribution is 5.28. The van der Waals surface area contributed by atoms with E-state index < -0.39 is 0 Å². The highest BCUT2D eigenvalue weighted by Gasteiger charge is 2.18. The molecule has 100 valence electrons. The number of hydrogen-bond acceptors (Lipinski definition) is 3. The third-order valence-electron chi connectivity index (χ3n) is 3.36. The van der Waals surface area contributed by atoms with Crippen molar-refractivity contribution in [3.8, 4) is 5.75 Å². The van der Waals surface area contributed by atoms with E-state index in [0.717, 1.165) is 25.4 Å². The molecule has 0 aromatic heterocycles. The zero-order chi connectivity index (χ0) is 13.0. The van der Waals surface area contributed by atoms with E-state index in [0.29, 0.717) is 6.04 Å². The average molecular weight is 248 g/mol. The second-order valence-electron chi connectivity index (χ2n) is 5.38. The molecular formula is C15H24N2O. The molecule has 1 fully saturated rings. The second-order valence-corrected chi connectivity index (χ2v) is 5.38. The van der Waals surface area contributed by atoms with Gasteiger partial charge in [-0.2, -0.15) is 0 Å². The van der Waals surface area contributed by atoms with Gasteiger partial charge in [-0.3, -0.25) is 4.90 Å². The van der Waals surface area contributed by atoms with Gasteiger partial charge < -0.3 is 10.1 Å². The summed E-state index contributed by atoms with van der Waals surface area (Å²) in [6, 6.07) is 9.10. The lowest BCUT2D eigenvalue weighted by molar-refractivity contribution is 0.237. The largest absolute Gasteiger partial charge is 0.491 e.